The molecule has 0 bridgehead atoms. The topological polar surface area (TPSA) is 21.3 Å². The van der Waals surface area contributed by atoms with Crippen LogP contribution in [0.2, 0.25) is 0 Å². The van der Waals surface area contributed by atoms with Gasteiger partial charge in [0.25, 0.3) is 0 Å². The molecule has 0 aliphatic rings. The molecule has 90 valence electrons. The van der Waals surface area contributed by atoms with E-state index in [-0.39, 0.29) is 5.13 Å². The van der Waals surface area contributed by atoms with Crippen LogP contribution < -0.4 is 10.1 Å². The molecule has 0 aliphatic carbocycles. The van der Waals surface area contributed by atoms with Crippen molar-refractivity contribution in [3.05, 3.63) is 52.0 Å². The van der Waals surface area contributed by atoms with E-state index in [0.29, 0.717) is 6.54 Å². The Morgan fingerprint density at radius 2 is 2.12 bits per heavy atom. The van der Waals surface area contributed by atoms with Gasteiger partial charge in [0.1, 0.15) is 5.75 Å². The average Bonchev–Trinajstić information content (AvgIpc) is 2.75. The van der Waals surface area contributed by atoms with Gasteiger partial charge in [-0.3, -0.25) is 0 Å². The molecule has 0 unspecified atom stereocenters. The Bertz CT molecular complexity index is 484. The zero-order valence-corrected chi connectivity index (χ0v) is 10.4. The van der Waals surface area contributed by atoms with Gasteiger partial charge in [0.15, 0.2) is 5.13 Å². The molecule has 0 atom stereocenters. The molecule has 1 aromatic heterocycles. The van der Waals surface area contributed by atoms with E-state index in [0.717, 1.165) is 22.7 Å². The van der Waals surface area contributed by atoms with Crippen LogP contribution in [0.25, 0.3) is 0 Å². The minimum atomic E-state index is -0.136. The lowest BCUT2D eigenvalue weighted by Gasteiger charge is -2.05. The quantitative estimate of drug-likeness (QED) is 0.881. The number of thiophene rings is 1. The number of ether oxygens (including phenoxy) is 1. The van der Waals surface area contributed by atoms with Crippen LogP contribution in [0.3, 0.4) is 0 Å². The van der Waals surface area contributed by atoms with E-state index in [4.69, 9.17) is 4.74 Å². The predicted octanol–water partition coefficient (Wildman–Crippen LogP) is 3.19. The van der Waals surface area contributed by atoms with E-state index in [1.54, 1.807) is 13.2 Å². The van der Waals surface area contributed by atoms with Crippen molar-refractivity contribution >= 4 is 11.3 Å². The van der Waals surface area contributed by atoms with Gasteiger partial charge in [-0.1, -0.05) is 12.1 Å². The Labute approximate surface area is 104 Å². The Balaban J connectivity index is 1.85. The van der Waals surface area contributed by atoms with E-state index >= 15 is 0 Å². The summed E-state index contributed by atoms with van der Waals surface area (Å²) in [5.41, 5.74) is 1.15. The van der Waals surface area contributed by atoms with Crippen LogP contribution in [-0.2, 0) is 13.1 Å². The van der Waals surface area contributed by atoms with Crippen LogP contribution in [0.4, 0.5) is 4.39 Å². The number of hydrogen-bond donors (Lipinski definition) is 1. The SMILES string of the molecule is COc1cccc(CNCc2ccc(F)s2)c1. The van der Waals surface area contributed by atoms with Crippen LogP contribution >= 0.6 is 11.3 Å². The lowest BCUT2D eigenvalue weighted by Crippen LogP contribution is -2.11. The first-order chi connectivity index (χ1) is 8.28. The molecule has 0 aliphatic heterocycles. The summed E-state index contributed by atoms with van der Waals surface area (Å²) in [5.74, 6) is 0.853. The first-order valence-electron chi connectivity index (χ1n) is 5.36. The summed E-state index contributed by atoms with van der Waals surface area (Å²) in [6.07, 6.45) is 0. The largest absolute Gasteiger partial charge is 0.497 e. The molecule has 2 rings (SSSR count). The summed E-state index contributed by atoms with van der Waals surface area (Å²) in [5, 5.41) is 3.13. The van der Waals surface area contributed by atoms with Crippen molar-refractivity contribution in [2.45, 2.75) is 13.1 Å². The number of benzene rings is 1. The maximum absolute atomic E-state index is 12.8. The highest BCUT2D eigenvalue weighted by Gasteiger charge is 1.99. The monoisotopic (exact) mass is 251 g/mol. The number of methoxy groups -OCH3 is 1. The van der Waals surface area contributed by atoms with Crippen molar-refractivity contribution in [2.24, 2.45) is 0 Å². The molecule has 0 saturated heterocycles. The van der Waals surface area contributed by atoms with Crippen molar-refractivity contribution in [2.75, 3.05) is 7.11 Å². The third kappa shape index (κ3) is 3.54. The molecule has 4 heteroatoms. The highest BCUT2D eigenvalue weighted by atomic mass is 32.1. The van der Waals surface area contributed by atoms with Crippen LogP contribution in [0.5, 0.6) is 5.75 Å². The second-order valence-corrected chi connectivity index (χ2v) is 4.78. The third-order valence-corrected chi connectivity index (χ3v) is 3.27. The fourth-order valence-electron chi connectivity index (χ4n) is 1.56. The minimum absolute atomic E-state index is 0.136. The molecule has 17 heavy (non-hydrogen) atoms. The first kappa shape index (κ1) is 12.1. The normalized spacial score (nSPS) is 10.5. The average molecular weight is 251 g/mol. The Morgan fingerprint density at radius 1 is 1.24 bits per heavy atom. The zero-order valence-electron chi connectivity index (χ0n) is 9.57. The summed E-state index contributed by atoms with van der Waals surface area (Å²) in [4.78, 5) is 1.00. The van der Waals surface area contributed by atoms with E-state index in [1.807, 2.05) is 24.3 Å². The second kappa shape index (κ2) is 5.80. The van der Waals surface area contributed by atoms with Crippen LogP contribution in [0.15, 0.2) is 36.4 Å². The van der Waals surface area contributed by atoms with Gasteiger partial charge in [0.2, 0.25) is 0 Å². The molecule has 0 saturated carbocycles. The van der Waals surface area contributed by atoms with Crippen molar-refractivity contribution in [3.63, 3.8) is 0 Å². The molecule has 0 radical (unpaired) electrons. The zero-order chi connectivity index (χ0) is 12.1. The Hall–Kier alpha value is -1.39. The number of nitrogens with one attached hydrogen (secondary N) is 1. The van der Waals surface area contributed by atoms with Crippen molar-refractivity contribution < 1.29 is 9.13 Å². The predicted molar refractivity (Wildman–Crippen MR) is 67.8 cm³/mol. The molecule has 1 heterocycles. The summed E-state index contributed by atoms with van der Waals surface area (Å²) >= 11 is 1.18. The summed E-state index contributed by atoms with van der Waals surface area (Å²) in [7, 11) is 1.65. The van der Waals surface area contributed by atoms with Gasteiger partial charge in [0, 0.05) is 18.0 Å². The van der Waals surface area contributed by atoms with Crippen LogP contribution in [0, 0.1) is 5.13 Å². The van der Waals surface area contributed by atoms with Crippen molar-refractivity contribution in [1.82, 2.24) is 5.32 Å². The van der Waals surface area contributed by atoms with Gasteiger partial charge in [0.05, 0.1) is 7.11 Å². The van der Waals surface area contributed by atoms with Gasteiger partial charge in [-0.25, -0.2) is 0 Å². The van der Waals surface area contributed by atoms with Gasteiger partial charge < -0.3 is 10.1 Å². The smallest absolute Gasteiger partial charge is 0.176 e. The molecule has 2 aromatic rings. The summed E-state index contributed by atoms with van der Waals surface area (Å²) in [6, 6.07) is 11.2. The molecule has 2 nitrogen and oxygen atoms in total. The molecule has 1 aromatic carbocycles. The highest BCUT2D eigenvalue weighted by Crippen LogP contribution is 2.15. The van der Waals surface area contributed by atoms with Crippen molar-refractivity contribution in [1.29, 1.82) is 0 Å². The molecule has 1 N–H and O–H groups in total. The number of rotatable bonds is 5. The lowest BCUT2D eigenvalue weighted by atomic mass is 10.2. The van der Waals surface area contributed by atoms with E-state index < -0.39 is 0 Å². The Morgan fingerprint density at radius 3 is 2.82 bits per heavy atom. The fraction of sp³-hybridized carbons (Fsp3) is 0.231. The van der Waals surface area contributed by atoms with E-state index in [2.05, 4.69) is 5.32 Å². The van der Waals surface area contributed by atoms with E-state index in [1.165, 1.54) is 17.4 Å². The van der Waals surface area contributed by atoms with Crippen LogP contribution in [-0.4, -0.2) is 7.11 Å². The number of halogens is 1. The third-order valence-electron chi connectivity index (χ3n) is 2.39. The molecular weight excluding hydrogens is 237 g/mol. The minimum Gasteiger partial charge on any atom is -0.497 e. The first-order valence-corrected chi connectivity index (χ1v) is 6.17. The summed E-state index contributed by atoms with van der Waals surface area (Å²) in [6.45, 7) is 1.43. The lowest BCUT2D eigenvalue weighted by molar-refractivity contribution is 0.414. The van der Waals surface area contributed by atoms with Gasteiger partial charge >= 0.3 is 0 Å². The van der Waals surface area contributed by atoms with Gasteiger partial charge in [-0.05, 0) is 29.8 Å². The van der Waals surface area contributed by atoms with E-state index in [9.17, 15) is 4.39 Å². The number of hydrogen-bond acceptors (Lipinski definition) is 3. The summed E-state index contributed by atoms with van der Waals surface area (Å²) < 4.78 is 17.9. The van der Waals surface area contributed by atoms with Crippen LogP contribution in [0.1, 0.15) is 10.4 Å². The Kier molecular flexibility index (Phi) is 4.12. The molecule has 0 spiro atoms. The van der Waals surface area contributed by atoms with Gasteiger partial charge in [-0.2, -0.15) is 4.39 Å². The van der Waals surface area contributed by atoms with Crippen molar-refractivity contribution in [3.8, 4) is 5.75 Å². The molecule has 0 fully saturated rings. The highest BCUT2D eigenvalue weighted by molar-refractivity contribution is 7.10. The fourth-order valence-corrected chi connectivity index (χ4v) is 2.26. The standard InChI is InChI=1S/C13H14FNOS/c1-16-11-4-2-3-10(7-11)8-15-9-12-5-6-13(14)17-12/h2-7,15H,8-9H2,1H3. The van der Waals surface area contributed by atoms with Gasteiger partial charge in [-0.15, -0.1) is 11.3 Å². The maximum Gasteiger partial charge on any atom is 0.176 e. The maximum atomic E-state index is 12.8. The molecular formula is C13H14FNOS. The second-order valence-electron chi connectivity index (χ2n) is 3.66. The molecule has 0 amide bonds.